The van der Waals surface area contributed by atoms with Crippen molar-refractivity contribution < 1.29 is 9.53 Å². The smallest absolute Gasteiger partial charge is 0.309 e. The summed E-state index contributed by atoms with van der Waals surface area (Å²) in [7, 11) is 0. The third kappa shape index (κ3) is 3.40. The van der Waals surface area contributed by atoms with Crippen LogP contribution in [0.4, 0.5) is 0 Å². The molecule has 1 saturated heterocycles. The van der Waals surface area contributed by atoms with Gasteiger partial charge in [-0.05, 0) is 25.7 Å². The molecule has 2 aliphatic rings. The number of thioether (sulfide) groups is 1. The average Bonchev–Trinajstić information content (AvgIpc) is 2.29. The summed E-state index contributed by atoms with van der Waals surface area (Å²) in [5.41, 5.74) is 0. The van der Waals surface area contributed by atoms with Crippen molar-refractivity contribution >= 4 is 17.7 Å². The van der Waals surface area contributed by atoms with E-state index in [-0.39, 0.29) is 11.9 Å². The minimum atomic E-state index is 0.0459. The Kier molecular flexibility index (Phi) is 4.36. The predicted molar refractivity (Wildman–Crippen MR) is 63.0 cm³/mol. The zero-order chi connectivity index (χ0) is 10.5. The molecule has 1 saturated carbocycles. The molecule has 1 unspecified atom stereocenters. The van der Waals surface area contributed by atoms with Crippen molar-refractivity contribution in [2.45, 2.75) is 50.2 Å². The van der Waals surface area contributed by atoms with E-state index in [1.54, 1.807) is 0 Å². The van der Waals surface area contributed by atoms with Crippen molar-refractivity contribution in [1.82, 2.24) is 0 Å². The van der Waals surface area contributed by atoms with Gasteiger partial charge in [-0.3, -0.25) is 4.79 Å². The molecule has 1 aliphatic carbocycles. The topological polar surface area (TPSA) is 26.3 Å². The van der Waals surface area contributed by atoms with Gasteiger partial charge in [-0.15, -0.1) is 0 Å². The Morgan fingerprint density at radius 1 is 1.13 bits per heavy atom. The van der Waals surface area contributed by atoms with Gasteiger partial charge >= 0.3 is 5.97 Å². The lowest BCUT2D eigenvalue weighted by atomic mass is 10.0. The maximum absolute atomic E-state index is 11.4. The first kappa shape index (κ1) is 11.3. The van der Waals surface area contributed by atoms with Crippen LogP contribution in [-0.2, 0) is 9.53 Å². The van der Waals surface area contributed by atoms with Gasteiger partial charge in [0.25, 0.3) is 0 Å². The van der Waals surface area contributed by atoms with Crippen molar-refractivity contribution in [3.63, 3.8) is 0 Å². The quantitative estimate of drug-likeness (QED) is 0.695. The van der Waals surface area contributed by atoms with Gasteiger partial charge in [0.05, 0.1) is 12.5 Å². The van der Waals surface area contributed by atoms with Crippen molar-refractivity contribution in [2.75, 3.05) is 12.4 Å². The second kappa shape index (κ2) is 5.78. The molecule has 15 heavy (non-hydrogen) atoms. The molecule has 3 heteroatoms. The molecular formula is C12H20O2S. The van der Waals surface area contributed by atoms with Gasteiger partial charge in [-0.2, -0.15) is 11.8 Å². The van der Waals surface area contributed by atoms with E-state index in [9.17, 15) is 4.79 Å². The maximum Gasteiger partial charge on any atom is 0.309 e. The van der Waals surface area contributed by atoms with E-state index in [0.29, 0.717) is 6.61 Å². The monoisotopic (exact) mass is 228 g/mol. The lowest BCUT2D eigenvalue weighted by molar-refractivity contribution is -0.151. The molecule has 2 nitrogen and oxygen atoms in total. The van der Waals surface area contributed by atoms with Gasteiger partial charge in [0, 0.05) is 11.0 Å². The van der Waals surface area contributed by atoms with Crippen LogP contribution in [0.5, 0.6) is 0 Å². The van der Waals surface area contributed by atoms with Crippen LogP contribution in [0.1, 0.15) is 44.9 Å². The first-order chi connectivity index (χ1) is 7.36. The SMILES string of the molecule is O=C1OCCCC1CSC1CCCCC1. The highest BCUT2D eigenvalue weighted by Gasteiger charge is 2.25. The number of ether oxygens (including phenoxy) is 1. The van der Waals surface area contributed by atoms with Crippen LogP contribution in [0.2, 0.25) is 0 Å². The largest absolute Gasteiger partial charge is 0.465 e. The summed E-state index contributed by atoms with van der Waals surface area (Å²) in [4.78, 5) is 11.4. The van der Waals surface area contributed by atoms with Crippen LogP contribution < -0.4 is 0 Å². The zero-order valence-corrected chi connectivity index (χ0v) is 10.1. The molecule has 1 heterocycles. The first-order valence-electron chi connectivity index (χ1n) is 6.14. The molecule has 0 spiro atoms. The summed E-state index contributed by atoms with van der Waals surface area (Å²) in [5, 5.41) is 0.813. The third-order valence-corrected chi connectivity index (χ3v) is 4.90. The van der Waals surface area contributed by atoms with Crippen molar-refractivity contribution in [1.29, 1.82) is 0 Å². The Morgan fingerprint density at radius 3 is 2.67 bits per heavy atom. The van der Waals surface area contributed by atoms with Crippen LogP contribution in [-0.4, -0.2) is 23.6 Å². The minimum Gasteiger partial charge on any atom is -0.465 e. The Bertz CT molecular complexity index is 212. The van der Waals surface area contributed by atoms with Gasteiger partial charge in [-0.1, -0.05) is 19.3 Å². The van der Waals surface area contributed by atoms with Crippen molar-refractivity contribution in [2.24, 2.45) is 5.92 Å². The number of carbonyl (C=O) groups is 1. The molecule has 1 aliphatic heterocycles. The first-order valence-corrected chi connectivity index (χ1v) is 7.19. The number of hydrogen-bond donors (Lipinski definition) is 0. The summed E-state index contributed by atoms with van der Waals surface area (Å²) < 4.78 is 5.08. The fraction of sp³-hybridized carbons (Fsp3) is 0.917. The summed E-state index contributed by atoms with van der Waals surface area (Å²) in [5.74, 6) is 1.22. The number of rotatable bonds is 3. The van der Waals surface area contributed by atoms with E-state index in [1.807, 2.05) is 11.8 Å². The molecule has 0 radical (unpaired) electrons. The van der Waals surface area contributed by atoms with Gasteiger partial charge in [-0.25, -0.2) is 0 Å². The van der Waals surface area contributed by atoms with Gasteiger partial charge < -0.3 is 4.74 Å². The minimum absolute atomic E-state index is 0.0459. The fourth-order valence-corrected chi connectivity index (χ4v) is 3.85. The summed E-state index contributed by atoms with van der Waals surface area (Å²) >= 11 is 2.01. The summed E-state index contributed by atoms with van der Waals surface area (Å²) in [6.45, 7) is 0.642. The zero-order valence-electron chi connectivity index (χ0n) is 9.24. The lowest BCUT2D eigenvalue weighted by Gasteiger charge is -2.25. The average molecular weight is 228 g/mol. The van der Waals surface area contributed by atoms with Crippen LogP contribution in [0.25, 0.3) is 0 Å². The summed E-state index contributed by atoms with van der Waals surface area (Å²) in [6, 6.07) is 0. The molecule has 0 N–H and O–H groups in total. The Balaban J connectivity index is 1.69. The van der Waals surface area contributed by atoms with E-state index in [1.165, 1.54) is 32.1 Å². The predicted octanol–water partition coefficient (Wildman–Crippen LogP) is 3.01. The van der Waals surface area contributed by atoms with Gasteiger partial charge in [0.15, 0.2) is 0 Å². The Hall–Kier alpha value is -0.180. The molecule has 0 amide bonds. The number of cyclic esters (lactones) is 1. The Morgan fingerprint density at radius 2 is 1.93 bits per heavy atom. The third-order valence-electron chi connectivity index (χ3n) is 3.36. The fourth-order valence-electron chi connectivity index (χ4n) is 2.37. The van der Waals surface area contributed by atoms with Gasteiger partial charge in [0.2, 0.25) is 0 Å². The second-order valence-electron chi connectivity index (χ2n) is 4.60. The van der Waals surface area contributed by atoms with E-state index in [2.05, 4.69) is 0 Å². The lowest BCUT2D eigenvalue weighted by Crippen LogP contribution is -2.26. The molecule has 0 bridgehead atoms. The van der Waals surface area contributed by atoms with Crippen LogP contribution in [0.3, 0.4) is 0 Å². The van der Waals surface area contributed by atoms with Crippen LogP contribution in [0, 0.1) is 5.92 Å². The highest BCUT2D eigenvalue weighted by atomic mass is 32.2. The number of hydrogen-bond acceptors (Lipinski definition) is 3. The Labute approximate surface area is 96.1 Å². The maximum atomic E-state index is 11.4. The van der Waals surface area contributed by atoms with Crippen molar-refractivity contribution in [3.05, 3.63) is 0 Å². The van der Waals surface area contributed by atoms with Crippen LogP contribution in [0.15, 0.2) is 0 Å². The molecule has 86 valence electrons. The molecule has 1 atom stereocenters. The molecule has 2 rings (SSSR count). The molecule has 0 aromatic rings. The number of carbonyl (C=O) groups excluding carboxylic acids is 1. The summed E-state index contributed by atoms with van der Waals surface area (Å²) in [6.07, 6.45) is 8.97. The highest BCUT2D eigenvalue weighted by Crippen LogP contribution is 2.31. The number of esters is 1. The van der Waals surface area contributed by atoms with Gasteiger partial charge in [0.1, 0.15) is 0 Å². The van der Waals surface area contributed by atoms with E-state index >= 15 is 0 Å². The van der Waals surface area contributed by atoms with E-state index < -0.39 is 0 Å². The molecular weight excluding hydrogens is 208 g/mol. The van der Waals surface area contributed by atoms with E-state index in [0.717, 1.165) is 23.8 Å². The highest BCUT2D eigenvalue weighted by molar-refractivity contribution is 7.99. The standard InChI is InChI=1S/C12H20O2S/c13-12-10(5-4-8-14-12)9-15-11-6-2-1-3-7-11/h10-11H,1-9H2. The normalized spacial score (nSPS) is 28.8. The molecule has 0 aromatic heterocycles. The molecule has 0 aromatic carbocycles. The van der Waals surface area contributed by atoms with Crippen molar-refractivity contribution in [3.8, 4) is 0 Å². The molecule has 2 fully saturated rings. The van der Waals surface area contributed by atoms with E-state index in [4.69, 9.17) is 4.74 Å². The second-order valence-corrected chi connectivity index (χ2v) is 5.93. The van der Waals surface area contributed by atoms with Crippen LogP contribution >= 0.6 is 11.8 Å².